The molecule has 9 heteroatoms. The third kappa shape index (κ3) is 3.05. The summed E-state index contributed by atoms with van der Waals surface area (Å²) in [5, 5.41) is 0.0908. The van der Waals surface area contributed by atoms with E-state index in [-0.39, 0.29) is 40.1 Å². The maximum Gasteiger partial charge on any atom is 0.363 e. The van der Waals surface area contributed by atoms with Crippen LogP contribution in [0.15, 0.2) is 48.5 Å². The van der Waals surface area contributed by atoms with Crippen LogP contribution in [0.5, 0.6) is 0 Å². The van der Waals surface area contributed by atoms with Gasteiger partial charge in [-0.15, -0.1) is 0 Å². The third-order valence-corrected chi connectivity index (χ3v) is 5.13. The first-order chi connectivity index (χ1) is 13.5. The quantitative estimate of drug-likeness (QED) is 0.731. The summed E-state index contributed by atoms with van der Waals surface area (Å²) >= 11 is 0.923. The molecule has 0 saturated carbocycles. The summed E-state index contributed by atoms with van der Waals surface area (Å²) in [4.78, 5) is 66.6. The van der Waals surface area contributed by atoms with E-state index in [1.54, 1.807) is 24.3 Å². The van der Waals surface area contributed by atoms with Crippen LogP contribution in [-0.4, -0.2) is 44.6 Å². The van der Waals surface area contributed by atoms with Gasteiger partial charge in [-0.05, 0) is 29.8 Å². The Kier molecular flexibility index (Phi) is 4.44. The van der Waals surface area contributed by atoms with Gasteiger partial charge in [0.2, 0.25) is 5.91 Å². The summed E-state index contributed by atoms with van der Waals surface area (Å²) in [5.74, 6) is -2.52. The van der Waals surface area contributed by atoms with Gasteiger partial charge in [-0.2, -0.15) is 0 Å². The summed E-state index contributed by atoms with van der Waals surface area (Å²) in [5.41, 5.74) is 0.956. The predicted molar refractivity (Wildman–Crippen MR) is 97.2 cm³/mol. The van der Waals surface area contributed by atoms with Crippen molar-refractivity contribution in [1.82, 2.24) is 9.96 Å². The second kappa shape index (κ2) is 6.93. The Balaban J connectivity index is 1.50. The van der Waals surface area contributed by atoms with Crippen molar-refractivity contribution in [3.8, 4) is 0 Å². The van der Waals surface area contributed by atoms with Gasteiger partial charge >= 0.3 is 5.97 Å². The molecule has 0 spiro atoms. The molecule has 2 aromatic carbocycles. The van der Waals surface area contributed by atoms with Crippen molar-refractivity contribution in [3.63, 3.8) is 0 Å². The number of rotatable bonds is 4. The number of amides is 4. The predicted octanol–water partition coefficient (Wildman–Crippen LogP) is 2.25. The Morgan fingerprint density at radius 3 is 2.25 bits per heavy atom. The Hall–Kier alpha value is -3.46. The first kappa shape index (κ1) is 17.9. The van der Waals surface area contributed by atoms with Crippen LogP contribution in [0.3, 0.4) is 0 Å². The van der Waals surface area contributed by atoms with Gasteiger partial charge in [0.1, 0.15) is 0 Å². The number of hydrogen-bond donors (Lipinski definition) is 0. The van der Waals surface area contributed by atoms with E-state index in [0.29, 0.717) is 10.6 Å². The molecule has 2 aliphatic heterocycles. The standard InChI is InChI=1S/C19H12N2O6S/c22-15-10-28-19(26)20(15)9-11-4-3-5-12(8-11)18(25)27-21-16(23)13-6-1-2-7-14(13)17(21)24/h1-8H,9-10H2. The van der Waals surface area contributed by atoms with Crippen LogP contribution in [0, 0.1) is 0 Å². The van der Waals surface area contributed by atoms with Gasteiger partial charge in [-0.1, -0.05) is 41.1 Å². The second-order valence-corrected chi connectivity index (χ2v) is 6.99. The van der Waals surface area contributed by atoms with Crippen molar-refractivity contribution in [2.24, 2.45) is 0 Å². The molecule has 2 aromatic rings. The van der Waals surface area contributed by atoms with E-state index >= 15 is 0 Å². The topological polar surface area (TPSA) is 101 Å². The van der Waals surface area contributed by atoms with E-state index in [0.717, 1.165) is 16.7 Å². The third-order valence-electron chi connectivity index (χ3n) is 4.27. The first-order valence-corrected chi connectivity index (χ1v) is 9.20. The Morgan fingerprint density at radius 2 is 1.64 bits per heavy atom. The number of thioether (sulfide) groups is 1. The van der Waals surface area contributed by atoms with Gasteiger partial charge in [0.05, 0.1) is 29.0 Å². The monoisotopic (exact) mass is 396 g/mol. The van der Waals surface area contributed by atoms with Crippen LogP contribution in [0.2, 0.25) is 0 Å². The number of nitrogens with zero attached hydrogens (tertiary/aromatic N) is 2. The largest absolute Gasteiger partial charge is 0.363 e. The Bertz CT molecular complexity index is 999. The molecule has 1 fully saturated rings. The molecule has 1 saturated heterocycles. The van der Waals surface area contributed by atoms with Gasteiger partial charge in [0.25, 0.3) is 17.1 Å². The summed E-state index contributed by atoms with van der Waals surface area (Å²) in [6.45, 7) is 0.0266. The summed E-state index contributed by atoms with van der Waals surface area (Å²) < 4.78 is 0. The zero-order valence-electron chi connectivity index (χ0n) is 14.3. The normalized spacial score (nSPS) is 16.0. The molecule has 0 radical (unpaired) electrons. The minimum absolute atomic E-state index is 0.0266. The van der Waals surface area contributed by atoms with Gasteiger partial charge in [-0.25, -0.2) is 4.79 Å². The molecule has 0 bridgehead atoms. The maximum absolute atomic E-state index is 12.4. The molecule has 0 aliphatic carbocycles. The maximum atomic E-state index is 12.4. The van der Waals surface area contributed by atoms with Crippen LogP contribution in [-0.2, 0) is 16.2 Å². The lowest BCUT2D eigenvalue weighted by Crippen LogP contribution is -2.32. The summed E-state index contributed by atoms with van der Waals surface area (Å²) in [6.07, 6.45) is 0. The zero-order valence-corrected chi connectivity index (χ0v) is 15.1. The van der Waals surface area contributed by atoms with Gasteiger partial charge in [0.15, 0.2) is 0 Å². The molecule has 140 valence electrons. The van der Waals surface area contributed by atoms with E-state index < -0.39 is 17.8 Å². The fourth-order valence-electron chi connectivity index (χ4n) is 2.90. The van der Waals surface area contributed by atoms with E-state index in [2.05, 4.69) is 0 Å². The molecule has 28 heavy (non-hydrogen) atoms. The van der Waals surface area contributed by atoms with E-state index in [1.807, 2.05) is 0 Å². The minimum Gasteiger partial charge on any atom is -0.324 e. The molecule has 0 atom stereocenters. The number of carbonyl (C=O) groups excluding carboxylic acids is 5. The molecule has 0 aromatic heterocycles. The Labute approximate surface area is 163 Å². The van der Waals surface area contributed by atoms with Crippen molar-refractivity contribution < 1.29 is 28.8 Å². The van der Waals surface area contributed by atoms with E-state index in [4.69, 9.17) is 4.84 Å². The van der Waals surface area contributed by atoms with E-state index in [1.165, 1.54) is 24.3 Å². The number of carbonyl (C=O) groups is 5. The molecule has 2 heterocycles. The van der Waals surface area contributed by atoms with Crippen LogP contribution in [0.1, 0.15) is 36.6 Å². The van der Waals surface area contributed by atoms with Gasteiger partial charge in [-0.3, -0.25) is 24.1 Å². The van der Waals surface area contributed by atoms with Crippen LogP contribution < -0.4 is 0 Å². The molecule has 0 unspecified atom stereocenters. The lowest BCUT2D eigenvalue weighted by Gasteiger charge is -2.15. The average molecular weight is 396 g/mol. The molecule has 2 aliphatic rings. The number of hydrogen-bond acceptors (Lipinski definition) is 7. The molecule has 4 rings (SSSR count). The number of benzene rings is 2. The lowest BCUT2D eigenvalue weighted by molar-refractivity contribution is -0.125. The average Bonchev–Trinajstić information content (AvgIpc) is 3.14. The van der Waals surface area contributed by atoms with Crippen LogP contribution >= 0.6 is 11.8 Å². The molecular formula is C19H12N2O6S. The highest BCUT2D eigenvalue weighted by molar-refractivity contribution is 8.14. The highest BCUT2D eigenvalue weighted by atomic mass is 32.2. The van der Waals surface area contributed by atoms with Gasteiger partial charge in [0, 0.05) is 0 Å². The molecule has 8 nitrogen and oxygen atoms in total. The van der Waals surface area contributed by atoms with Crippen molar-refractivity contribution in [1.29, 1.82) is 0 Å². The molecule has 0 N–H and O–H groups in total. The van der Waals surface area contributed by atoms with E-state index in [9.17, 15) is 24.0 Å². The van der Waals surface area contributed by atoms with Gasteiger partial charge < -0.3 is 4.84 Å². The van der Waals surface area contributed by atoms with Crippen LogP contribution in [0.25, 0.3) is 0 Å². The summed E-state index contributed by atoms with van der Waals surface area (Å²) in [7, 11) is 0. The second-order valence-electron chi connectivity index (χ2n) is 6.06. The number of fused-ring (bicyclic) bond motifs is 1. The smallest absolute Gasteiger partial charge is 0.324 e. The number of imide groups is 2. The highest BCUT2D eigenvalue weighted by Gasteiger charge is 2.38. The van der Waals surface area contributed by atoms with Crippen molar-refractivity contribution in [2.45, 2.75) is 6.54 Å². The SMILES string of the molecule is O=C(ON1C(=O)c2ccccc2C1=O)c1cccc(CN2C(=O)CSC2=O)c1. The van der Waals surface area contributed by atoms with Crippen molar-refractivity contribution in [3.05, 3.63) is 70.8 Å². The van der Waals surface area contributed by atoms with Crippen LogP contribution in [0.4, 0.5) is 4.79 Å². The van der Waals surface area contributed by atoms with Crippen molar-refractivity contribution in [2.75, 3.05) is 5.75 Å². The summed E-state index contributed by atoms with van der Waals surface area (Å²) in [6, 6.07) is 12.3. The fraction of sp³-hybridized carbons (Fsp3) is 0.105. The Morgan fingerprint density at radius 1 is 0.964 bits per heavy atom. The van der Waals surface area contributed by atoms with Crippen molar-refractivity contribution >= 4 is 40.7 Å². The minimum atomic E-state index is -0.898. The zero-order chi connectivity index (χ0) is 19.8. The molecule has 4 amide bonds. The first-order valence-electron chi connectivity index (χ1n) is 8.22. The molecular weight excluding hydrogens is 384 g/mol. The highest BCUT2D eigenvalue weighted by Crippen LogP contribution is 2.24. The fourth-order valence-corrected chi connectivity index (χ4v) is 3.62. The number of hydroxylamine groups is 2. The lowest BCUT2D eigenvalue weighted by atomic mass is 10.1.